The van der Waals surface area contributed by atoms with Crippen LogP contribution < -0.4 is 20.3 Å². The highest BCUT2D eigenvalue weighted by molar-refractivity contribution is 7.80. The molecule has 30 heavy (non-hydrogen) atoms. The molecule has 158 valence electrons. The quantitative estimate of drug-likeness (QED) is 0.407. The minimum atomic E-state index is -0.139. The van der Waals surface area contributed by atoms with Gasteiger partial charge in [-0.3, -0.25) is 4.79 Å². The van der Waals surface area contributed by atoms with E-state index in [1.165, 1.54) is 4.88 Å². The van der Waals surface area contributed by atoms with Crippen LogP contribution in [0.5, 0.6) is 11.5 Å². The van der Waals surface area contributed by atoms with Crippen LogP contribution in [0.3, 0.4) is 0 Å². The van der Waals surface area contributed by atoms with Gasteiger partial charge in [-0.1, -0.05) is 6.07 Å². The maximum atomic E-state index is 12.8. The minimum Gasteiger partial charge on any atom is -0.454 e. The van der Waals surface area contributed by atoms with Gasteiger partial charge in [-0.05, 0) is 42.2 Å². The molecule has 0 saturated carbocycles. The number of rotatable bonds is 8. The monoisotopic (exact) mass is 445 g/mol. The van der Waals surface area contributed by atoms with Gasteiger partial charge in [0.1, 0.15) is 0 Å². The van der Waals surface area contributed by atoms with E-state index in [2.05, 4.69) is 16.4 Å². The lowest BCUT2D eigenvalue weighted by atomic mass is 10.1. The van der Waals surface area contributed by atoms with Gasteiger partial charge in [0, 0.05) is 42.2 Å². The molecule has 3 heterocycles. The summed E-state index contributed by atoms with van der Waals surface area (Å²) in [6.45, 7) is 2.60. The number of hydrogen-bond acceptors (Lipinski definition) is 6. The fourth-order valence-corrected chi connectivity index (χ4v) is 4.23. The van der Waals surface area contributed by atoms with E-state index in [0.29, 0.717) is 48.4 Å². The van der Waals surface area contributed by atoms with Gasteiger partial charge in [-0.2, -0.15) is 0 Å². The number of nitrogens with zero attached hydrogens (tertiary/aromatic N) is 1. The molecule has 2 N–H and O–H groups in total. The fourth-order valence-electron chi connectivity index (χ4n) is 3.28. The van der Waals surface area contributed by atoms with Crippen molar-refractivity contribution in [1.82, 2.24) is 15.2 Å². The van der Waals surface area contributed by atoms with Crippen molar-refractivity contribution in [3.05, 3.63) is 56.5 Å². The second kappa shape index (κ2) is 9.46. The first-order valence-electron chi connectivity index (χ1n) is 9.63. The summed E-state index contributed by atoms with van der Waals surface area (Å²) in [5.74, 6) is 1.33. The molecule has 9 heteroatoms. The van der Waals surface area contributed by atoms with Crippen molar-refractivity contribution < 1.29 is 14.2 Å². The predicted octanol–water partition coefficient (Wildman–Crippen LogP) is 3.23. The Balaban J connectivity index is 1.57. The lowest BCUT2D eigenvalue weighted by Crippen LogP contribution is -2.40. The Kier molecular flexibility index (Phi) is 6.51. The number of aromatic amines is 1. The Morgan fingerprint density at radius 3 is 2.90 bits per heavy atom. The smallest absolute Gasteiger partial charge is 0.253 e. The van der Waals surface area contributed by atoms with Crippen molar-refractivity contribution in [1.29, 1.82) is 0 Å². The number of hydrogen-bond donors (Lipinski definition) is 2. The SMILES string of the molecule is COCCCNC(=S)N(Cc1cccs1)Cc1cc2cc3c(cc2[nH]c1=O)OCO3. The third kappa shape index (κ3) is 4.75. The number of thiophene rings is 1. The molecular formula is C21H23N3O4S2. The molecule has 3 aromatic rings. The number of ether oxygens (including phenoxy) is 3. The van der Waals surface area contributed by atoms with Crippen LogP contribution in [0.1, 0.15) is 16.9 Å². The summed E-state index contributed by atoms with van der Waals surface area (Å²) >= 11 is 7.30. The van der Waals surface area contributed by atoms with Crippen LogP contribution in [0, 0.1) is 0 Å². The van der Waals surface area contributed by atoms with E-state index in [1.807, 2.05) is 28.5 Å². The topological polar surface area (TPSA) is 75.8 Å². The number of fused-ring (bicyclic) bond motifs is 2. The van der Waals surface area contributed by atoms with E-state index in [0.717, 1.165) is 17.3 Å². The number of H-pyrrole nitrogens is 1. The standard InChI is InChI=1S/C21H23N3O4S2/c1-26-6-3-5-22-21(29)24(12-16-4-2-7-30-16)11-15-8-14-9-18-19(28-13-27-18)10-17(14)23-20(15)25/h2,4,7-10H,3,5-6,11-13H2,1H3,(H,22,29)(H,23,25). The van der Waals surface area contributed by atoms with Crippen molar-refractivity contribution in [2.24, 2.45) is 0 Å². The van der Waals surface area contributed by atoms with Crippen LogP contribution >= 0.6 is 23.6 Å². The highest BCUT2D eigenvalue weighted by Gasteiger charge is 2.17. The summed E-state index contributed by atoms with van der Waals surface area (Å²) in [5.41, 5.74) is 1.22. The van der Waals surface area contributed by atoms with Crippen LogP contribution in [0.15, 0.2) is 40.5 Å². The molecule has 1 aliphatic rings. The summed E-state index contributed by atoms with van der Waals surface area (Å²) in [6, 6.07) is 9.66. The molecule has 2 aromatic heterocycles. The van der Waals surface area contributed by atoms with Gasteiger partial charge in [0.25, 0.3) is 5.56 Å². The molecule has 0 saturated heterocycles. The molecule has 7 nitrogen and oxygen atoms in total. The van der Waals surface area contributed by atoms with Crippen molar-refractivity contribution in [2.45, 2.75) is 19.5 Å². The van der Waals surface area contributed by atoms with Crippen molar-refractivity contribution in [3.8, 4) is 11.5 Å². The Morgan fingerprint density at radius 2 is 2.13 bits per heavy atom. The van der Waals surface area contributed by atoms with Gasteiger partial charge >= 0.3 is 0 Å². The van der Waals surface area contributed by atoms with Gasteiger partial charge in [0.15, 0.2) is 16.6 Å². The average Bonchev–Trinajstić information content (AvgIpc) is 3.41. The Hall–Kier alpha value is -2.62. The maximum absolute atomic E-state index is 12.8. The summed E-state index contributed by atoms with van der Waals surface area (Å²) in [6.07, 6.45) is 0.854. The molecule has 0 fully saturated rings. The largest absolute Gasteiger partial charge is 0.454 e. The van der Waals surface area contributed by atoms with Crippen LogP contribution in [-0.4, -0.2) is 42.1 Å². The Labute approximate surface area is 183 Å². The highest BCUT2D eigenvalue weighted by Crippen LogP contribution is 2.35. The van der Waals surface area contributed by atoms with E-state index in [4.69, 9.17) is 26.4 Å². The lowest BCUT2D eigenvalue weighted by Gasteiger charge is -2.25. The molecule has 0 spiro atoms. The van der Waals surface area contributed by atoms with E-state index in [1.54, 1.807) is 24.5 Å². The number of nitrogens with one attached hydrogen (secondary N) is 2. The first-order valence-corrected chi connectivity index (χ1v) is 10.9. The van der Waals surface area contributed by atoms with Crippen LogP contribution in [-0.2, 0) is 17.8 Å². The molecule has 4 rings (SSSR count). The summed E-state index contributed by atoms with van der Waals surface area (Å²) in [7, 11) is 1.68. The van der Waals surface area contributed by atoms with E-state index < -0.39 is 0 Å². The molecule has 0 radical (unpaired) electrons. The maximum Gasteiger partial charge on any atom is 0.253 e. The Bertz CT molecular complexity index is 1080. The number of pyridine rings is 1. The predicted molar refractivity (Wildman–Crippen MR) is 121 cm³/mol. The molecule has 0 aliphatic carbocycles. The van der Waals surface area contributed by atoms with Gasteiger partial charge < -0.3 is 29.4 Å². The minimum absolute atomic E-state index is 0.139. The second-order valence-corrected chi connectivity index (χ2v) is 8.35. The third-order valence-corrected chi connectivity index (χ3v) is 6.05. The van der Waals surface area contributed by atoms with Crippen LogP contribution in [0.4, 0.5) is 0 Å². The van der Waals surface area contributed by atoms with Crippen molar-refractivity contribution in [2.75, 3.05) is 27.1 Å². The number of benzene rings is 1. The highest BCUT2D eigenvalue weighted by atomic mass is 32.1. The average molecular weight is 446 g/mol. The van der Waals surface area contributed by atoms with Gasteiger partial charge in [0.05, 0.1) is 18.6 Å². The van der Waals surface area contributed by atoms with Crippen molar-refractivity contribution in [3.63, 3.8) is 0 Å². The second-order valence-electron chi connectivity index (χ2n) is 6.93. The molecule has 1 aliphatic heterocycles. The molecular weight excluding hydrogens is 422 g/mol. The first-order chi connectivity index (χ1) is 14.6. The summed E-state index contributed by atoms with van der Waals surface area (Å²) in [5, 5.41) is 6.82. The molecule has 0 bridgehead atoms. The zero-order valence-electron chi connectivity index (χ0n) is 16.6. The zero-order chi connectivity index (χ0) is 20.9. The van der Waals surface area contributed by atoms with E-state index in [9.17, 15) is 4.79 Å². The third-order valence-electron chi connectivity index (χ3n) is 4.79. The molecule has 0 unspecified atom stereocenters. The van der Waals surface area contributed by atoms with Crippen LogP contribution in [0.2, 0.25) is 0 Å². The molecule has 0 amide bonds. The summed E-state index contributed by atoms with van der Waals surface area (Å²) < 4.78 is 16.0. The lowest BCUT2D eigenvalue weighted by molar-refractivity contribution is 0.174. The van der Waals surface area contributed by atoms with Gasteiger partial charge in [-0.15, -0.1) is 11.3 Å². The Morgan fingerprint density at radius 1 is 1.30 bits per heavy atom. The first kappa shape index (κ1) is 20.6. The molecule has 0 atom stereocenters. The number of aromatic nitrogens is 1. The van der Waals surface area contributed by atoms with E-state index in [-0.39, 0.29) is 12.4 Å². The fraction of sp³-hybridized carbons (Fsp3) is 0.333. The zero-order valence-corrected chi connectivity index (χ0v) is 18.2. The van der Waals surface area contributed by atoms with Gasteiger partial charge in [-0.25, -0.2) is 0 Å². The van der Waals surface area contributed by atoms with Crippen molar-refractivity contribution >= 4 is 39.6 Å². The normalized spacial score (nSPS) is 12.3. The number of thiocarbonyl (C=S) groups is 1. The molecule has 1 aromatic carbocycles. The summed E-state index contributed by atoms with van der Waals surface area (Å²) in [4.78, 5) is 18.9. The van der Waals surface area contributed by atoms with E-state index >= 15 is 0 Å². The van der Waals surface area contributed by atoms with Gasteiger partial charge in [0.2, 0.25) is 6.79 Å². The number of methoxy groups -OCH3 is 1. The van der Waals surface area contributed by atoms with Crippen LogP contribution in [0.25, 0.3) is 10.9 Å².